The van der Waals surface area contributed by atoms with Gasteiger partial charge in [0.05, 0.1) is 0 Å². The van der Waals surface area contributed by atoms with E-state index in [9.17, 15) is 14.4 Å². The molecule has 0 bridgehead atoms. The second-order valence-electron chi connectivity index (χ2n) is 17.4. The van der Waals surface area contributed by atoms with Gasteiger partial charge >= 0.3 is 17.9 Å². The molecular formula is C59H98O6. The molecule has 0 aromatic carbocycles. The Morgan fingerprint density at radius 2 is 0.615 bits per heavy atom. The van der Waals surface area contributed by atoms with E-state index in [1.54, 1.807) is 0 Å². The molecule has 0 fully saturated rings. The van der Waals surface area contributed by atoms with Gasteiger partial charge < -0.3 is 14.2 Å². The Bertz CT molecular complexity index is 1310. The number of carbonyl (C=O) groups is 3. The average Bonchev–Trinajstić information content (AvgIpc) is 3.30. The molecule has 0 saturated heterocycles. The number of hydrogen-bond donors (Lipinski definition) is 0. The van der Waals surface area contributed by atoms with Gasteiger partial charge in [-0.25, -0.2) is 0 Å². The van der Waals surface area contributed by atoms with Crippen LogP contribution in [0.5, 0.6) is 0 Å². The summed E-state index contributed by atoms with van der Waals surface area (Å²) in [4.78, 5) is 38.0. The van der Waals surface area contributed by atoms with Crippen molar-refractivity contribution in [3.63, 3.8) is 0 Å². The molecule has 0 spiro atoms. The third-order valence-electron chi connectivity index (χ3n) is 11.0. The maximum Gasteiger partial charge on any atom is 0.306 e. The summed E-state index contributed by atoms with van der Waals surface area (Å²) < 4.78 is 16.7. The van der Waals surface area contributed by atoms with Crippen LogP contribution in [0, 0.1) is 0 Å². The van der Waals surface area contributed by atoms with Crippen molar-refractivity contribution in [2.24, 2.45) is 0 Å². The van der Waals surface area contributed by atoms with Crippen LogP contribution >= 0.6 is 0 Å². The Kier molecular flexibility index (Phi) is 50.0. The smallest absolute Gasteiger partial charge is 0.306 e. The minimum atomic E-state index is -0.808. The number of ether oxygens (including phenoxy) is 3. The minimum Gasteiger partial charge on any atom is -0.462 e. The topological polar surface area (TPSA) is 78.9 Å². The second-order valence-corrected chi connectivity index (χ2v) is 17.4. The molecule has 0 saturated carbocycles. The highest BCUT2D eigenvalue weighted by Gasteiger charge is 2.19. The van der Waals surface area contributed by atoms with Crippen LogP contribution in [-0.4, -0.2) is 37.2 Å². The lowest BCUT2D eigenvalue weighted by atomic mass is 10.1. The van der Waals surface area contributed by atoms with Crippen molar-refractivity contribution in [1.82, 2.24) is 0 Å². The Morgan fingerprint density at radius 3 is 1.03 bits per heavy atom. The van der Waals surface area contributed by atoms with Crippen LogP contribution in [0.2, 0.25) is 0 Å². The highest BCUT2D eigenvalue weighted by Crippen LogP contribution is 2.13. The van der Waals surface area contributed by atoms with Crippen LogP contribution in [0.4, 0.5) is 0 Å². The molecule has 0 aliphatic heterocycles. The van der Waals surface area contributed by atoms with Gasteiger partial charge in [0.15, 0.2) is 6.10 Å². The summed E-state index contributed by atoms with van der Waals surface area (Å²) in [5, 5.41) is 0. The lowest BCUT2D eigenvalue weighted by molar-refractivity contribution is -0.167. The summed E-state index contributed by atoms with van der Waals surface area (Å²) >= 11 is 0. The van der Waals surface area contributed by atoms with Gasteiger partial charge in [0.1, 0.15) is 13.2 Å². The molecule has 0 aromatic rings. The molecule has 65 heavy (non-hydrogen) atoms. The van der Waals surface area contributed by atoms with Crippen molar-refractivity contribution in [1.29, 1.82) is 0 Å². The van der Waals surface area contributed by atoms with Crippen LogP contribution in [0.15, 0.2) is 97.2 Å². The normalized spacial score (nSPS) is 12.8. The number of hydrogen-bond acceptors (Lipinski definition) is 6. The monoisotopic (exact) mass is 903 g/mol. The summed E-state index contributed by atoms with van der Waals surface area (Å²) in [7, 11) is 0. The highest BCUT2D eigenvalue weighted by atomic mass is 16.6. The molecule has 0 amide bonds. The van der Waals surface area contributed by atoms with Crippen LogP contribution in [0.1, 0.15) is 239 Å². The fraction of sp³-hybridized carbons (Fsp3) is 0.678. The summed E-state index contributed by atoms with van der Waals surface area (Å²) in [6, 6.07) is 0. The largest absolute Gasteiger partial charge is 0.462 e. The first-order chi connectivity index (χ1) is 32.0. The third-order valence-corrected chi connectivity index (χ3v) is 11.0. The fourth-order valence-electron chi connectivity index (χ4n) is 7.01. The molecule has 0 rings (SSSR count). The molecule has 0 aliphatic carbocycles. The minimum absolute atomic E-state index is 0.104. The molecule has 0 aliphatic rings. The van der Waals surface area contributed by atoms with E-state index in [1.807, 2.05) is 0 Å². The molecular weight excluding hydrogens is 805 g/mol. The molecule has 0 N–H and O–H groups in total. The van der Waals surface area contributed by atoms with E-state index in [0.717, 1.165) is 116 Å². The summed E-state index contributed by atoms with van der Waals surface area (Å²) in [5.41, 5.74) is 0. The average molecular weight is 903 g/mol. The van der Waals surface area contributed by atoms with E-state index >= 15 is 0 Å². The Balaban J connectivity index is 4.43. The zero-order valence-corrected chi connectivity index (χ0v) is 42.2. The molecule has 6 nitrogen and oxygen atoms in total. The van der Waals surface area contributed by atoms with Crippen LogP contribution in [0.25, 0.3) is 0 Å². The number of unbranched alkanes of at least 4 members (excludes halogenated alkanes) is 20. The number of carbonyl (C=O) groups excluding carboxylic acids is 3. The van der Waals surface area contributed by atoms with Crippen molar-refractivity contribution >= 4 is 17.9 Å². The first kappa shape index (κ1) is 61.3. The quantitative estimate of drug-likeness (QED) is 0.0262. The zero-order chi connectivity index (χ0) is 47.2. The van der Waals surface area contributed by atoms with Crippen LogP contribution < -0.4 is 0 Å². The van der Waals surface area contributed by atoms with Gasteiger partial charge in [-0.05, 0) is 116 Å². The van der Waals surface area contributed by atoms with Gasteiger partial charge in [-0.2, -0.15) is 0 Å². The molecule has 0 heterocycles. The first-order valence-electron chi connectivity index (χ1n) is 26.7. The predicted octanol–water partition coefficient (Wildman–Crippen LogP) is 17.8. The molecule has 1 unspecified atom stereocenters. The molecule has 1 atom stereocenters. The zero-order valence-electron chi connectivity index (χ0n) is 42.2. The van der Waals surface area contributed by atoms with Crippen LogP contribution in [0.3, 0.4) is 0 Å². The van der Waals surface area contributed by atoms with Crippen LogP contribution in [-0.2, 0) is 28.6 Å². The maximum absolute atomic E-state index is 12.8. The number of allylic oxidation sites excluding steroid dienone is 16. The fourth-order valence-corrected chi connectivity index (χ4v) is 7.01. The van der Waals surface area contributed by atoms with Gasteiger partial charge in [-0.15, -0.1) is 0 Å². The SMILES string of the molecule is CC/C=C\C/C=C\C/C=C\C/C=C\CCCCC(=O)OC(COC(=O)CCCCCCC/C=C\CCCC)COC(=O)CCCCCCCC/C=C\C/C=C\C/C=C\CCCCCCC. The third kappa shape index (κ3) is 51.2. The number of esters is 3. The molecule has 6 heteroatoms. The van der Waals surface area contributed by atoms with Crippen molar-refractivity contribution in [2.45, 2.75) is 245 Å². The molecule has 0 aromatic heterocycles. The van der Waals surface area contributed by atoms with Gasteiger partial charge in [-0.1, -0.05) is 201 Å². The van der Waals surface area contributed by atoms with E-state index in [0.29, 0.717) is 19.3 Å². The van der Waals surface area contributed by atoms with Gasteiger partial charge in [0, 0.05) is 19.3 Å². The second kappa shape index (κ2) is 52.9. The highest BCUT2D eigenvalue weighted by molar-refractivity contribution is 5.71. The van der Waals surface area contributed by atoms with Crippen molar-refractivity contribution in [2.75, 3.05) is 13.2 Å². The Hall–Kier alpha value is -3.67. The molecule has 370 valence electrons. The van der Waals surface area contributed by atoms with E-state index in [-0.39, 0.29) is 37.5 Å². The number of rotatable bonds is 47. The van der Waals surface area contributed by atoms with Crippen molar-refractivity contribution in [3.05, 3.63) is 97.2 Å². The van der Waals surface area contributed by atoms with E-state index in [4.69, 9.17) is 14.2 Å². The summed E-state index contributed by atoms with van der Waals surface area (Å²) in [6.07, 6.45) is 69.7. The van der Waals surface area contributed by atoms with Gasteiger partial charge in [0.25, 0.3) is 0 Å². The van der Waals surface area contributed by atoms with E-state index in [1.165, 1.54) is 77.0 Å². The lowest BCUT2D eigenvalue weighted by Gasteiger charge is -2.18. The van der Waals surface area contributed by atoms with Gasteiger partial charge in [-0.3, -0.25) is 14.4 Å². The Morgan fingerprint density at radius 1 is 0.323 bits per heavy atom. The summed E-state index contributed by atoms with van der Waals surface area (Å²) in [6.45, 7) is 6.41. The maximum atomic E-state index is 12.8. The summed E-state index contributed by atoms with van der Waals surface area (Å²) in [5.74, 6) is -0.971. The molecule has 0 radical (unpaired) electrons. The van der Waals surface area contributed by atoms with E-state index in [2.05, 4.69) is 118 Å². The lowest BCUT2D eigenvalue weighted by Crippen LogP contribution is -2.30. The van der Waals surface area contributed by atoms with Gasteiger partial charge in [0.2, 0.25) is 0 Å². The van der Waals surface area contributed by atoms with Crippen molar-refractivity contribution < 1.29 is 28.6 Å². The standard InChI is InChI=1S/C59H98O6/c1-4-7-10-13-16-19-22-24-26-27-28-29-30-31-33-34-37-40-43-46-49-52-58(61)64-55-56(54-63-57(60)51-48-45-42-39-36-21-18-15-12-9-6-3)65-59(62)53-50-47-44-41-38-35-32-25-23-20-17-14-11-8-5-2/h8,11,15,17-18,20,22,24-25,27-28,30-32,38,41,56H,4-7,9-10,12-14,16,19,21,23,26,29,33-37,39-40,42-55H2,1-3H3/b11-8-,18-15-,20-17-,24-22-,28-27-,31-30-,32-25-,41-38-. The predicted molar refractivity (Wildman–Crippen MR) is 279 cm³/mol. The van der Waals surface area contributed by atoms with E-state index < -0.39 is 6.10 Å². The Labute approximate surface area is 400 Å². The van der Waals surface area contributed by atoms with Crippen molar-refractivity contribution in [3.8, 4) is 0 Å². The first-order valence-corrected chi connectivity index (χ1v) is 26.7.